The number of unbranched alkanes of at least 4 members (excludes halogenated alkanes) is 1. The number of carbonyl (C=O) groups is 1. The molecule has 22 heavy (non-hydrogen) atoms. The number of aryl methyl sites for hydroxylation is 1. The number of carbonyl (C=O) groups excluding carboxylic acids is 1. The standard InChI is InChI=1S/C18H23NO2S/c1-3-5-10-21-16-8-6-7-14(12-16)13-19-18(20)17-15(4-2)9-11-22-17/h6-9,11-12H,3-5,10,13H2,1-2H3,(H,19,20). The third kappa shape index (κ3) is 4.60. The van der Waals surface area contributed by atoms with Gasteiger partial charge in [0.1, 0.15) is 5.75 Å². The Kier molecular flexibility index (Phi) is 6.46. The Morgan fingerprint density at radius 3 is 2.91 bits per heavy atom. The first-order chi connectivity index (χ1) is 10.7. The van der Waals surface area contributed by atoms with E-state index in [1.165, 1.54) is 11.3 Å². The summed E-state index contributed by atoms with van der Waals surface area (Å²) in [5.74, 6) is 0.870. The molecule has 0 bridgehead atoms. The first-order valence-corrected chi connectivity index (χ1v) is 8.68. The van der Waals surface area contributed by atoms with Crippen LogP contribution in [0.25, 0.3) is 0 Å². The summed E-state index contributed by atoms with van der Waals surface area (Å²) in [5.41, 5.74) is 2.16. The average molecular weight is 317 g/mol. The maximum Gasteiger partial charge on any atom is 0.261 e. The van der Waals surface area contributed by atoms with Crippen molar-refractivity contribution >= 4 is 17.2 Å². The second kappa shape index (κ2) is 8.59. The van der Waals surface area contributed by atoms with Crippen LogP contribution in [-0.4, -0.2) is 12.5 Å². The first kappa shape index (κ1) is 16.6. The third-order valence-electron chi connectivity index (χ3n) is 3.45. The van der Waals surface area contributed by atoms with E-state index >= 15 is 0 Å². The van der Waals surface area contributed by atoms with E-state index in [0.717, 1.165) is 47.6 Å². The van der Waals surface area contributed by atoms with E-state index in [4.69, 9.17) is 4.74 Å². The summed E-state index contributed by atoms with van der Waals surface area (Å²) in [4.78, 5) is 13.0. The van der Waals surface area contributed by atoms with Gasteiger partial charge in [0.25, 0.3) is 5.91 Å². The molecule has 0 radical (unpaired) electrons. The molecular weight excluding hydrogens is 294 g/mol. The smallest absolute Gasteiger partial charge is 0.261 e. The van der Waals surface area contributed by atoms with Crippen molar-refractivity contribution in [1.82, 2.24) is 5.32 Å². The molecule has 0 saturated heterocycles. The quantitative estimate of drug-likeness (QED) is 0.732. The van der Waals surface area contributed by atoms with E-state index < -0.39 is 0 Å². The van der Waals surface area contributed by atoms with Gasteiger partial charge in [0, 0.05) is 6.54 Å². The molecule has 1 N–H and O–H groups in total. The van der Waals surface area contributed by atoms with Crippen molar-refractivity contribution in [3.63, 3.8) is 0 Å². The molecule has 0 aliphatic heterocycles. The molecule has 0 aliphatic carbocycles. The number of thiophene rings is 1. The lowest BCUT2D eigenvalue weighted by atomic mass is 10.2. The number of ether oxygens (including phenoxy) is 1. The SMILES string of the molecule is CCCCOc1cccc(CNC(=O)c2sccc2CC)c1. The van der Waals surface area contributed by atoms with E-state index in [1.807, 2.05) is 35.7 Å². The van der Waals surface area contributed by atoms with Crippen molar-refractivity contribution in [2.45, 2.75) is 39.7 Å². The number of benzene rings is 1. The molecule has 4 heteroatoms. The Morgan fingerprint density at radius 2 is 2.14 bits per heavy atom. The summed E-state index contributed by atoms with van der Waals surface area (Å²) in [7, 11) is 0. The third-order valence-corrected chi connectivity index (χ3v) is 4.41. The van der Waals surface area contributed by atoms with E-state index in [0.29, 0.717) is 6.54 Å². The maximum atomic E-state index is 12.2. The molecule has 0 atom stereocenters. The summed E-state index contributed by atoms with van der Waals surface area (Å²) in [6.45, 7) is 5.46. The summed E-state index contributed by atoms with van der Waals surface area (Å²) in [5, 5.41) is 4.95. The van der Waals surface area contributed by atoms with Crippen LogP contribution in [0.4, 0.5) is 0 Å². The Morgan fingerprint density at radius 1 is 1.27 bits per heavy atom. The zero-order chi connectivity index (χ0) is 15.8. The molecule has 1 aromatic heterocycles. The Bertz CT molecular complexity index is 607. The minimum atomic E-state index is 0.00385. The minimum Gasteiger partial charge on any atom is -0.494 e. The lowest BCUT2D eigenvalue weighted by Crippen LogP contribution is -2.22. The van der Waals surface area contributed by atoms with Gasteiger partial charge in [-0.1, -0.05) is 32.4 Å². The van der Waals surface area contributed by atoms with Gasteiger partial charge >= 0.3 is 0 Å². The molecular formula is C18H23NO2S. The zero-order valence-corrected chi connectivity index (χ0v) is 14.0. The van der Waals surface area contributed by atoms with Gasteiger partial charge in [-0.15, -0.1) is 11.3 Å². The second-order valence-corrected chi connectivity index (χ2v) is 6.08. The Hall–Kier alpha value is -1.81. The lowest BCUT2D eigenvalue weighted by molar-refractivity contribution is 0.0954. The highest BCUT2D eigenvalue weighted by Crippen LogP contribution is 2.18. The fraction of sp³-hybridized carbons (Fsp3) is 0.389. The van der Waals surface area contributed by atoms with Crippen LogP contribution >= 0.6 is 11.3 Å². The van der Waals surface area contributed by atoms with Crippen LogP contribution in [0.3, 0.4) is 0 Å². The van der Waals surface area contributed by atoms with Crippen molar-refractivity contribution in [2.24, 2.45) is 0 Å². The van der Waals surface area contributed by atoms with E-state index in [2.05, 4.69) is 19.2 Å². The molecule has 3 nitrogen and oxygen atoms in total. The molecule has 0 spiro atoms. The Balaban J connectivity index is 1.91. The van der Waals surface area contributed by atoms with Gasteiger partial charge in [0.05, 0.1) is 11.5 Å². The Labute approximate surface area is 136 Å². The highest BCUT2D eigenvalue weighted by molar-refractivity contribution is 7.12. The number of hydrogen-bond acceptors (Lipinski definition) is 3. The fourth-order valence-corrected chi connectivity index (χ4v) is 3.07. The van der Waals surface area contributed by atoms with Crippen molar-refractivity contribution in [1.29, 1.82) is 0 Å². The van der Waals surface area contributed by atoms with Crippen LogP contribution in [0.2, 0.25) is 0 Å². The highest BCUT2D eigenvalue weighted by Gasteiger charge is 2.11. The van der Waals surface area contributed by atoms with Crippen LogP contribution in [-0.2, 0) is 13.0 Å². The molecule has 0 fully saturated rings. The van der Waals surface area contributed by atoms with Crippen molar-refractivity contribution < 1.29 is 9.53 Å². The molecule has 0 saturated carbocycles. The van der Waals surface area contributed by atoms with Crippen LogP contribution in [0.1, 0.15) is 47.5 Å². The minimum absolute atomic E-state index is 0.00385. The van der Waals surface area contributed by atoms with Crippen molar-refractivity contribution in [3.05, 3.63) is 51.7 Å². The predicted octanol–water partition coefficient (Wildman–Crippen LogP) is 4.42. The number of hydrogen-bond donors (Lipinski definition) is 1. The van der Waals surface area contributed by atoms with Gasteiger partial charge in [0.2, 0.25) is 0 Å². The topological polar surface area (TPSA) is 38.3 Å². The summed E-state index contributed by atoms with van der Waals surface area (Å²) in [6.07, 6.45) is 3.06. The molecule has 0 unspecified atom stereocenters. The predicted molar refractivity (Wildman–Crippen MR) is 91.7 cm³/mol. The zero-order valence-electron chi connectivity index (χ0n) is 13.2. The lowest BCUT2D eigenvalue weighted by Gasteiger charge is -2.09. The number of rotatable bonds is 8. The molecule has 2 rings (SSSR count). The summed E-state index contributed by atoms with van der Waals surface area (Å²) >= 11 is 1.50. The van der Waals surface area contributed by atoms with Gasteiger partial charge < -0.3 is 10.1 Å². The van der Waals surface area contributed by atoms with E-state index in [-0.39, 0.29) is 5.91 Å². The summed E-state index contributed by atoms with van der Waals surface area (Å²) in [6, 6.07) is 9.93. The summed E-state index contributed by atoms with van der Waals surface area (Å²) < 4.78 is 5.69. The van der Waals surface area contributed by atoms with E-state index in [1.54, 1.807) is 0 Å². The van der Waals surface area contributed by atoms with Gasteiger partial charge in [-0.05, 0) is 47.5 Å². The second-order valence-electron chi connectivity index (χ2n) is 5.16. The van der Waals surface area contributed by atoms with E-state index in [9.17, 15) is 4.79 Å². The normalized spacial score (nSPS) is 10.5. The highest BCUT2D eigenvalue weighted by atomic mass is 32.1. The van der Waals surface area contributed by atoms with Crippen molar-refractivity contribution in [3.8, 4) is 5.75 Å². The van der Waals surface area contributed by atoms with Gasteiger partial charge in [-0.2, -0.15) is 0 Å². The molecule has 1 heterocycles. The fourth-order valence-electron chi connectivity index (χ4n) is 2.16. The van der Waals surface area contributed by atoms with Crippen LogP contribution in [0.5, 0.6) is 5.75 Å². The average Bonchev–Trinajstić information content (AvgIpc) is 3.02. The van der Waals surface area contributed by atoms with Crippen LogP contribution < -0.4 is 10.1 Å². The first-order valence-electron chi connectivity index (χ1n) is 7.80. The molecule has 1 amide bonds. The molecule has 118 valence electrons. The number of amides is 1. The number of nitrogens with one attached hydrogen (secondary N) is 1. The van der Waals surface area contributed by atoms with Crippen molar-refractivity contribution in [2.75, 3.05) is 6.61 Å². The maximum absolute atomic E-state index is 12.2. The largest absolute Gasteiger partial charge is 0.494 e. The van der Waals surface area contributed by atoms with Gasteiger partial charge in [0.15, 0.2) is 0 Å². The molecule has 1 aromatic carbocycles. The van der Waals surface area contributed by atoms with Crippen LogP contribution in [0, 0.1) is 0 Å². The van der Waals surface area contributed by atoms with Gasteiger partial charge in [-0.3, -0.25) is 4.79 Å². The van der Waals surface area contributed by atoms with Crippen LogP contribution in [0.15, 0.2) is 35.7 Å². The monoisotopic (exact) mass is 317 g/mol. The van der Waals surface area contributed by atoms with Gasteiger partial charge in [-0.25, -0.2) is 0 Å². The molecule has 2 aromatic rings. The molecule has 0 aliphatic rings.